The summed E-state index contributed by atoms with van der Waals surface area (Å²) in [5, 5.41) is 11.6. The van der Waals surface area contributed by atoms with Crippen LogP contribution in [0.4, 0.5) is 0 Å². The number of rotatable bonds is 10. The third-order valence-corrected chi connectivity index (χ3v) is 11.6. The highest BCUT2D eigenvalue weighted by atomic mass is 127. The molecule has 15 atom stereocenters. The second kappa shape index (κ2) is 15.4. The molecule has 3 heterocycles. The van der Waals surface area contributed by atoms with E-state index >= 15 is 0 Å². The quantitative estimate of drug-likeness (QED) is 0.267. The van der Waals surface area contributed by atoms with Gasteiger partial charge in [0, 0.05) is 11.8 Å². The highest BCUT2D eigenvalue weighted by molar-refractivity contribution is 14.1. The second-order valence-corrected chi connectivity index (χ2v) is 15.0. The zero-order valence-corrected chi connectivity index (χ0v) is 29.4. The van der Waals surface area contributed by atoms with E-state index in [1.807, 2.05) is 25.1 Å². The average molecular weight is 705 g/mol. The monoisotopic (exact) mass is 704 g/mol. The smallest absolute Gasteiger partial charge is 0.471 e. The molecule has 4 rings (SSSR count). The predicted octanol–water partition coefficient (Wildman–Crippen LogP) is 5.08. The molecule has 1 aromatic rings. The van der Waals surface area contributed by atoms with Crippen molar-refractivity contribution in [3.63, 3.8) is 0 Å². The molecule has 0 bridgehead atoms. The van der Waals surface area contributed by atoms with Crippen molar-refractivity contribution >= 4 is 32.5 Å². The number of hydrogen-bond acceptors (Lipinski definition) is 8. The zero-order chi connectivity index (χ0) is 29.8. The maximum absolute atomic E-state index is 11.6. The van der Waals surface area contributed by atoms with Gasteiger partial charge in [0.2, 0.25) is 0 Å². The van der Waals surface area contributed by atoms with Crippen LogP contribution in [-0.4, -0.2) is 79.5 Å². The lowest BCUT2D eigenvalue weighted by Gasteiger charge is -2.50. The van der Waals surface area contributed by atoms with E-state index in [0.717, 1.165) is 5.56 Å². The molecule has 0 saturated carbocycles. The minimum absolute atomic E-state index is 0.0594. The first-order chi connectivity index (χ1) is 19.5. The Kier molecular flexibility index (Phi) is 12.8. The third-order valence-electron chi connectivity index (χ3n) is 10.1. The molecule has 41 heavy (non-hydrogen) atoms. The molecule has 10 heteroatoms. The molecule has 1 N–H and O–H groups in total. The molecular formula is C31H50AlIO8. The SMILES string of the molecule is CC1C(C)[C@H](C)[C@H](COCc2ccccc2)O[C@@H]1O[C@@H]1C(O)[C@H](OC2[C@H]([O][AlH][I])OC(C)[C@H](C)[C@@H]2C)OC(C)[C@@H]1C. The molecule has 0 aliphatic carbocycles. The van der Waals surface area contributed by atoms with Crippen molar-refractivity contribution in [3.05, 3.63) is 35.9 Å². The van der Waals surface area contributed by atoms with E-state index < -0.39 is 43.3 Å². The molecule has 1 aromatic carbocycles. The minimum atomic E-state index is -0.987. The van der Waals surface area contributed by atoms with E-state index in [0.29, 0.717) is 25.0 Å². The van der Waals surface area contributed by atoms with Crippen molar-refractivity contribution in [2.75, 3.05) is 6.61 Å². The molecule has 232 valence electrons. The van der Waals surface area contributed by atoms with Crippen LogP contribution in [-0.2, 0) is 38.8 Å². The summed E-state index contributed by atoms with van der Waals surface area (Å²) in [6.45, 7) is 18.1. The largest absolute Gasteiger partial charge is 0.527 e. The molecule has 3 saturated heterocycles. The van der Waals surface area contributed by atoms with Crippen LogP contribution in [0.5, 0.6) is 0 Å². The van der Waals surface area contributed by atoms with E-state index in [-0.39, 0.29) is 48.1 Å². The summed E-state index contributed by atoms with van der Waals surface area (Å²) in [5.41, 5.74) is 1.14. The molecule has 3 aliphatic heterocycles. The Bertz CT molecular complexity index is 929. The first-order valence-electron chi connectivity index (χ1n) is 15.3. The summed E-state index contributed by atoms with van der Waals surface area (Å²) in [6, 6.07) is 10.2. The van der Waals surface area contributed by atoms with Gasteiger partial charge >= 0.3 is 12.3 Å². The summed E-state index contributed by atoms with van der Waals surface area (Å²) in [6.07, 6.45) is -3.86. The van der Waals surface area contributed by atoms with E-state index in [1.54, 1.807) is 0 Å². The number of aliphatic hydroxyl groups is 1. The van der Waals surface area contributed by atoms with Gasteiger partial charge < -0.3 is 37.3 Å². The fraction of sp³-hybridized carbons (Fsp3) is 0.806. The molecule has 0 spiro atoms. The number of ether oxygens (including phenoxy) is 6. The standard InChI is InChI=1S/C31H49O8.Al.HI.H/c1-16-18(3)25(15-34-14-24-12-10-9-11-13-24)37-30(20(16)5)38-27-21(6)23(8)36-31(26(27)32)39-28-19(4)17(2)22(7)35-29(28)33;;;/h9-13,16-23,25-32H,14-15H2,1-8H3;;1H;/q-1;+2;;/p-1/t16?,17-,18+,19+,20?,21+,22?,23?,25+,26?,27+,28?,29-,30-,31+;;;/m1.../s1. The van der Waals surface area contributed by atoms with E-state index in [9.17, 15) is 5.11 Å². The maximum atomic E-state index is 11.6. The summed E-state index contributed by atoms with van der Waals surface area (Å²) in [5.74, 6) is 1.20. The van der Waals surface area contributed by atoms with Gasteiger partial charge in [-0.3, -0.25) is 0 Å². The van der Waals surface area contributed by atoms with Gasteiger partial charge in [0.15, 0.2) is 18.9 Å². The van der Waals surface area contributed by atoms with Gasteiger partial charge in [-0.15, -0.1) is 0 Å². The van der Waals surface area contributed by atoms with Crippen LogP contribution >= 0.6 is 20.3 Å². The molecule has 6 unspecified atom stereocenters. The van der Waals surface area contributed by atoms with E-state index in [1.165, 1.54) is 0 Å². The molecule has 8 nitrogen and oxygen atoms in total. The molecule has 3 aliphatic rings. The first kappa shape index (κ1) is 34.0. The van der Waals surface area contributed by atoms with E-state index in [4.69, 9.17) is 32.2 Å². The molecular weight excluding hydrogens is 654 g/mol. The molecule has 3 fully saturated rings. The first-order valence-corrected chi connectivity index (χ1v) is 21.0. The maximum Gasteiger partial charge on any atom is 0.527 e. The van der Waals surface area contributed by atoms with Gasteiger partial charge in [-0.05, 0) is 43.1 Å². The third kappa shape index (κ3) is 8.06. The van der Waals surface area contributed by atoms with Gasteiger partial charge in [-0.2, -0.15) is 20.3 Å². The van der Waals surface area contributed by atoms with Crippen LogP contribution in [0, 0.1) is 35.5 Å². The Labute approximate surface area is 264 Å². The highest BCUT2D eigenvalue weighted by Crippen LogP contribution is 2.40. The van der Waals surface area contributed by atoms with Gasteiger partial charge in [0.25, 0.3) is 0 Å². The van der Waals surface area contributed by atoms with Crippen molar-refractivity contribution < 1.29 is 37.3 Å². The Morgan fingerprint density at radius 1 is 0.707 bits per heavy atom. The number of halogens is 1. The fourth-order valence-corrected chi connectivity index (χ4v) is 7.70. The normalized spacial score (nSPS) is 45.4. The zero-order valence-electron chi connectivity index (χ0n) is 25.9. The van der Waals surface area contributed by atoms with Crippen LogP contribution in [0.15, 0.2) is 30.3 Å². The number of hydrogen-bond donors (Lipinski definition) is 1. The number of aliphatic hydroxyl groups excluding tert-OH is 1. The van der Waals surface area contributed by atoms with Crippen LogP contribution < -0.4 is 0 Å². The van der Waals surface area contributed by atoms with Crippen molar-refractivity contribution in [2.45, 2.75) is 117 Å². The lowest BCUT2D eigenvalue weighted by Crippen LogP contribution is -2.60. The average Bonchev–Trinajstić information content (AvgIpc) is 2.96. The topological polar surface area (TPSA) is 84.8 Å². The lowest BCUT2D eigenvalue weighted by molar-refractivity contribution is -0.358. The predicted molar refractivity (Wildman–Crippen MR) is 166 cm³/mol. The molecule has 0 radical (unpaired) electrons. The van der Waals surface area contributed by atoms with Gasteiger partial charge in [0.1, 0.15) is 12.2 Å². The van der Waals surface area contributed by atoms with Crippen molar-refractivity contribution in [2.24, 2.45) is 35.5 Å². The van der Waals surface area contributed by atoms with Crippen LogP contribution in [0.2, 0.25) is 0 Å². The Balaban J connectivity index is 1.43. The summed E-state index contributed by atoms with van der Waals surface area (Å²) < 4.78 is 44.3. The Morgan fingerprint density at radius 3 is 2.02 bits per heavy atom. The van der Waals surface area contributed by atoms with Gasteiger partial charge in [-0.25, -0.2) is 0 Å². The van der Waals surface area contributed by atoms with E-state index in [2.05, 4.69) is 80.9 Å². The van der Waals surface area contributed by atoms with Gasteiger partial charge in [0.05, 0.1) is 37.6 Å². The lowest BCUT2D eigenvalue weighted by atomic mass is 9.79. The Morgan fingerprint density at radius 2 is 1.34 bits per heavy atom. The summed E-state index contributed by atoms with van der Waals surface area (Å²) in [7, 11) is 0. The second-order valence-electron chi connectivity index (χ2n) is 12.6. The van der Waals surface area contributed by atoms with Crippen molar-refractivity contribution in [3.8, 4) is 0 Å². The van der Waals surface area contributed by atoms with Crippen LogP contribution in [0.1, 0.15) is 61.0 Å². The molecule has 0 aromatic heterocycles. The summed E-state index contributed by atoms with van der Waals surface area (Å²) >= 11 is 1.55. The van der Waals surface area contributed by atoms with Crippen LogP contribution in [0.25, 0.3) is 0 Å². The fourth-order valence-electron chi connectivity index (χ4n) is 6.25. The number of benzene rings is 1. The van der Waals surface area contributed by atoms with Crippen molar-refractivity contribution in [1.29, 1.82) is 0 Å². The highest BCUT2D eigenvalue weighted by Gasteiger charge is 2.50. The van der Waals surface area contributed by atoms with Crippen molar-refractivity contribution in [1.82, 2.24) is 0 Å². The van der Waals surface area contributed by atoms with Gasteiger partial charge in [-0.1, -0.05) is 71.9 Å². The summed E-state index contributed by atoms with van der Waals surface area (Å²) in [4.78, 5) is 0. The minimum Gasteiger partial charge on any atom is -0.471 e. The Hall–Kier alpha value is 0.162. The molecule has 0 amide bonds. The van der Waals surface area contributed by atoms with Crippen LogP contribution in [0.3, 0.4) is 0 Å².